The Balaban J connectivity index is 1.10. The second-order valence-electron chi connectivity index (χ2n) is 25.4. The SMILES string of the molecule is Cc1cc2c3c(c1)N(c1c(C)cc(C(C)(C)C)cc1C)c1cc4c(cc1B3c1ccc(-c3ccc5c(c3)oc3ccccc35)cc1N2c1cc(-c2ccc(C(C)(C)C)cc2)cc(-c2ccc(C(C)(C)C)cc2)c1)OCCCO4. The van der Waals surface area contributed by atoms with Crippen LogP contribution in [0, 0.1) is 20.8 Å². The van der Waals surface area contributed by atoms with E-state index < -0.39 is 0 Å². The molecule has 9 aromatic carbocycles. The third kappa shape index (κ3) is 8.38. The maximum absolute atomic E-state index is 6.62. The predicted octanol–water partition coefficient (Wildman–Crippen LogP) is 17.6. The molecule has 10 aromatic rings. The fourth-order valence-electron chi connectivity index (χ4n) is 12.5. The summed E-state index contributed by atoms with van der Waals surface area (Å²) in [5, 5.41) is 2.25. The second-order valence-corrected chi connectivity index (χ2v) is 25.4. The first kappa shape index (κ1) is 49.6. The molecule has 0 bridgehead atoms. The van der Waals surface area contributed by atoms with Crippen LogP contribution in [0.1, 0.15) is 102 Å². The third-order valence-corrected chi connectivity index (χ3v) is 16.7. The zero-order valence-electron chi connectivity index (χ0n) is 47.4. The molecule has 0 saturated heterocycles. The Morgan fingerprint density at radius 3 is 1.55 bits per heavy atom. The number of rotatable bonds is 5. The van der Waals surface area contributed by atoms with Gasteiger partial charge in [0.05, 0.1) is 18.9 Å². The summed E-state index contributed by atoms with van der Waals surface area (Å²) in [6.45, 7) is 28.6. The summed E-state index contributed by atoms with van der Waals surface area (Å²) in [6.07, 6.45) is 0.825. The summed E-state index contributed by atoms with van der Waals surface area (Å²) in [4.78, 5) is 5.13. The summed E-state index contributed by atoms with van der Waals surface area (Å²) >= 11 is 0. The minimum absolute atomic E-state index is 0.0124. The van der Waals surface area contributed by atoms with Gasteiger partial charge in [0, 0.05) is 51.7 Å². The van der Waals surface area contributed by atoms with Crippen molar-refractivity contribution >= 4 is 79.2 Å². The minimum atomic E-state index is -0.135. The first-order valence-corrected chi connectivity index (χ1v) is 28.0. The van der Waals surface area contributed by atoms with Gasteiger partial charge in [0.1, 0.15) is 11.2 Å². The molecule has 0 fully saturated rings. The number of hydrogen-bond acceptors (Lipinski definition) is 5. The van der Waals surface area contributed by atoms with Crippen LogP contribution in [0.4, 0.5) is 34.1 Å². The van der Waals surface area contributed by atoms with Gasteiger partial charge in [0.15, 0.2) is 11.5 Å². The Bertz CT molecular complexity index is 3950. The molecular weight excluding hydrogens is 952 g/mol. The Labute approximate surface area is 461 Å². The molecule has 0 spiro atoms. The van der Waals surface area contributed by atoms with Gasteiger partial charge >= 0.3 is 0 Å². The van der Waals surface area contributed by atoms with E-state index in [1.807, 2.05) is 6.07 Å². The van der Waals surface area contributed by atoms with Crippen molar-refractivity contribution in [3.63, 3.8) is 0 Å². The summed E-state index contributed by atoms with van der Waals surface area (Å²) in [7, 11) is 0. The molecule has 13 rings (SSSR count). The van der Waals surface area contributed by atoms with Crippen LogP contribution >= 0.6 is 0 Å². The normalized spacial score (nSPS) is 14.1. The lowest BCUT2D eigenvalue weighted by atomic mass is 9.33. The molecule has 78 heavy (non-hydrogen) atoms. The Morgan fingerprint density at radius 2 is 0.936 bits per heavy atom. The monoisotopic (exact) mass is 1020 g/mol. The van der Waals surface area contributed by atoms with Gasteiger partial charge in [-0.05, 0) is 181 Å². The van der Waals surface area contributed by atoms with E-state index in [1.54, 1.807) is 0 Å². The van der Waals surface area contributed by atoms with E-state index in [1.165, 1.54) is 72.3 Å². The summed E-state index contributed by atoms with van der Waals surface area (Å²) in [6, 6.07) is 62.1. The Hall–Kier alpha value is -7.96. The minimum Gasteiger partial charge on any atom is -0.490 e. The topological polar surface area (TPSA) is 38.1 Å². The molecule has 0 atom stereocenters. The highest BCUT2D eigenvalue weighted by Crippen LogP contribution is 2.50. The maximum Gasteiger partial charge on any atom is 0.252 e. The van der Waals surface area contributed by atoms with Crippen LogP contribution in [0.5, 0.6) is 11.5 Å². The van der Waals surface area contributed by atoms with Gasteiger partial charge in [0.2, 0.25) is 0 Å². The van der Waals surface area contributed by atoms with Crippen LogP contribution in [0.2, 0.25) is 0 Å². The lowest BCUT2D eigenvalue weighted by Crippen LogP contribution is -2.61. The third-order valence-electron chi connectivity index (χ3n) is 16.7. The largest absolute Gasteiger partial charge is 0.490 e. The average molecular weight is 1020 g/mol. The summed E-state index contributed by atoms with van der Waals surface area (Å²) in [5.41, 5.74) is 26.9. The van der Waals surface area contributed by atoms with Crippen LogP contribution in [-0.2, 0) is 16.2 Å². The van der Waals surface area contributed by atoms with Gasteiger partial charge in [0.25, 0.3) is 6.71 Å². The van der Waals surface area contributed by atoms with E-state index in [-0.39, 0.29) is 23.0 Å². The molecule has 3 aliphatic heterocycles. The van der Waals surface area contributed by atoms with Crippen molar-refractivity contribution in [2.45, 2.75) is 106 Å². The number of hydrogen-bond donors (Lipinski definition) is 0. The van der Waals surface area contributed by atoms with E-state index in [0.29, 0.717) is 13.2 Å². The molecule has 0 saturated carbocycles. The molecule has 4 heterocycles. The highest BCUT2D eigenvalue weighted by atomic mass is 16.5. The van der Waals surface area contributed by atoms with E-state index in [0.717, 1.165) is 84.9 Å². The van der Waals surface area contributed by atoms with Gasteiger partial charge in [-0.15, -0.1) is 0 Å². The standard InChI is InChI=1S/C72H69BN2O3/c1-43-32-62-68-63(33-43)75(69-44(2)34-54(35-45(69)3)72(10,11)12)61-42-67-66(76-30-15-31-77-67)41-59(61)73(68)58-29-23-48(49-22-28-57-56-16-13-14-17-64(56)78-65(57)40-49)39-60(58)74(62)55-37-50(46-18-24-52(25-19-46)70(4,5)6)36-51(38-55)47-20-26-53(27-21-47)71(7,8)9/h13-14,16-29,32-42H,15,30-31H2,1-12H3. The van der Waals surface area contributed by atoms with E-state index >= 15 is 0 Å². The molecule has 3 aliphatic rings. The molecule has 1 aromatic heterocycles. The van der Waals surface area contributed by atoms with Crippen molar-refractivity contribution in [3.8, 4) is 44.9 Å². The number of ether oxygens (including phenoxy) is 2. The molecule has 5 nitrogen and oxygen atoms in total. The summed E-state index contributed by atoms with van der Waals surface area (Å²) in [5.74, 6) is 1.59. The second kappa shape index (κ2) is 18.1. The molecule has 0 amide bonds. The zero-order valence-corrected chi connectivity index (χ0v) is 47.4. The number of benzene rings is 9. The average Bonchev–Trinajstić information content (AvgIpc) is 3.76. The predicted molar refractivity (Wildman–Crippen MR) is 330 cm³/mol. The first-order valence-electron chi connectivity index (χ1n) is 28.0. The van der Waals surface area contributed by atoms with Gasteiger partial charge < -0.3 is 23.7 Å². The van der Waals surface area contributed by atoms with Crippen LogP contribution in [0.15, 0.2) is 168 Å². The van der Waals surface area contributed by atoms with Crippen molar-refractivity contribution in [2.24, 2.45) is 0 Å². The number of furan rings is 1. The molecule has 388 valence electrons. The Kier molecular flexibility index (Phi) is 11.5. The maximum atomic E-state index is 6.62. The van der Waals surface area contributed by atoms with Crippen LogP contribution in [0.3, 0.4) is 0 Å². The van der Waals surface area contributed by atoms with Gasteiger partial charge in [-0.1, -0.05) is 159 Å². The molecule has 0 radical (unpaired) electrons. The molecule has 0 aliphatic carbocycles. The van der Waals surface area contributed by atoms with Crippen molar-refractivity contribution < 1.29 is 13.9 Å². The van der Waals surface area contributed by atoms with Crippen molar-refractivity contribution in [2.75, 3.05) is 23.0 Å². The number of anilines is 6. The van der Waals surface area contributed by atoms with Gasteiger partial charge in [-0.25, -0.2) is 0 Å². The van der Waals surface area contributed by atoms with Crippen molar-refractivity contribution in [3.05, 3.63) is 197 Å². The molecule has 0 N–H and O–H groups in total. The highest BCUT2D eigenvalue weighted by molar-refractivity contribution is 7.00. The fourth-order valence-corrected chi connectivity index (χ4v) is 12.5. The first-order chi connectivity index (χ1) is 37.3. The van der Waals surface area contributed by atoms with Gasteiger partial charge in [-0.2, -0.15) is 0 Å². The lowest BCUT2D eigenvalue weighted by molar-refractivity contribution is 0.297. The van der Waals surface area contributed by atoms with Crippen molar-refractivity contribution in [1.29, 1.82) is 0 Å². The number of nitrogens with zero attached hydrogens (tertiary/aromatic N) is 2. The summed E-state index contributed by atoms with van der Waals surface area (Å²) < 4.78 is 19.7. The number of aryl methyl sites for hydroxylation is 3. The van der Waals surface area contributed by atoms with Gasteiger partial charge in [-0.3, -0.25) is 0 Å². The number of fused-ring (bicyclic) bond motifs is 8. The van der Waals surface area contributed by atoms with Crippen LogP contribution < -0.4 is 35.7 Å². The molecular formula is C72H69BN2O3. The lowest BCUT2D eigenvalue weighted by Gasteiger charge is -2.45. The Morgan fingerprint density at radius 1 is 0.410 bits per heavy atom. The van der Waals surface area contributed by atoms with E-state index in [9.17, 15) is 0 Å². The van der Waals surface area contributed by atoms with E-state index in [2.05, 4.69) is 251 Å². The van der Waals surface area contributed by atoms with Crippen molar-refractivity contribution in [1.82, 2.24) is 0 Å². The van der Waals surface area contributed by atoms with E-state index in [4.69, 9.17) is 13.9 Å². The number of para-hydroxylation sites is 1. The molecule has 0 unspecified atom stereocenters. The zero-order chi connectivity index (χ0) is 54.2. The molecule has 6 heteroatoms. The highest BCUT2D eigenvalue weighted by Gasteiger charge is 2.45. The fraction of sp³-hybridized carbons (Fsp3) is 0.250. The quantitative estimate of drug-likeness (QED) is 0.161. The smallest absolute Gasteiger partial charge is 0.252 e. The van der Waals surface area contributed by atoms with Crippen LogP contribution in [-0.4, -0.2) is 19.9 Å². The van der Waals surface area contributed by atoms with Crippen LogP contribution in [0.25, 0.3) is 55.3 Å².